The number of nitrogens with zero attached hydrogens (tertiary/aromatic N) is 1. The Hall–Kier alpha value is -2.34. The Morgan fingerprint density at radius 1 is 1.09 bits per heavy atom. The third-order valence-electron chi connectivity index (χ3n) is 5.62. The second kappa shape index (κ2) is 9.13. The normalized spacial score (nSPS) is 17.8. The molecule has 0 saturated carbocycles. The van der Waals surface area contributed by atoms with Crippen LogP contribution in [0.15, 0.2) is 51.4 Å². The van der Waals surface area contributed by atoms with Gasteiger partial charge in [-0.3, -0.25) is 4.79 Å². The average Bonchev–Trinajstić information content (AvgIpc) is 3.13. The van der Waals surface area contributed by atoms with E-state index in [1.165, 1.54) is 7.11 Å². The monoisotopic (exact) mass is 586 g/mol. The van der Waals surface area contributed by atoms with E-state index in [1.807, 2.05) is 42.5 Å². The molecule has 33 heavy (non-hydrogen) atoms. The van der Waals surface area contributed by atoms with Crippen LogP contribution in [-0.4, -0.2) is 43.0 Å². The predicted molar refractivity (Wildman–Crippen MR) is 139 cm³/mol. The van der Waals surface area contributed by atoms with E-state index in [2.05, 4.69) is 67.9 Å². The van der Waals surface area contributed by atoms with Crippen molar-refractivity contribution in [2.45, 2.75) is 38.1 Å². The van der Waals surface area contributed by atoms with Gasteiger partial charge < -0.3 is 14.6 Å². The van der Waals surface area contributed by atoms with E-state index in [0.717, 1.165) is 36.7 Å². The first-order valence-electron chi connectivity index (χ1n) is 10.6. The van der Waals surface area contributed by atoms with Crippen molar-refractivity contribution < 1.29 is 14.3 Å². The summed E-state index contributed by atoms with van der Waals surface area (Å²) in [6.07, 6.45) is 0.353. The summed E-state index contributed by atoms with van der Waals surface area (Å²) in [6, 6.07) is 12.5. The lowest BCUT2D eigenvalue weighted by atomic mass is 9.88. The minimum absolute atomic E-state index is 0.353. The van der Waals surface area contributed by atoms with Crippen molar-refractivity contribution in [3.05, 3.63) is 68.2 Å². The van der Waals surface area contributed by atoms with Crippen LogP contribution in [0.25, 0.3) is 10.9 Å². The fraction of sp³-hybridized carbons (Fsp3) is 0.280. The first kappa shape index (κ1) is 23.8. The largest absolute Gasteiger partial charge is 0.467 e. The zero-order chi connectivity index (χ0) is 23.9. The summed E-state index contributed by atoms with van der Waals surface area (Å²) in [6.45, 7) is 6.25. The molecule has 1 N–H and O–H groups in total. The Morgan fingerprint density at radius 2 is 1.76 bits per heavy atom. The molecule has 1 amide bonds. The van der Waals surface area contributed by atoms with Crippen LogP contribution in [0.2, 0.25) is 19.6 Å². The van der Waals surface area contributed by atoms with Gasteiger partial charge in [-0.05, 0) is 47.4 Å². The maximum atomic E-state index is 13.5. The second-order valence-corrected chi connectivity index (χ2v) is 15.7. The van der Waals surface area contributed by atoms with Gasteiger partial charge in [0.2, 0.25) is 0 Å². The summed E-state index contributed by atoms with van der Waals surface area (Å²) in [7, 11) is -0.442. The van der Waals surface area contributed by atoms with Crippen LogP contribution in [0.5, 0.6) is 0 Å². The van der Waals surface area contributed by atoms with Crippen LogP contribution in [0.4, 0.5) is 0 Å². The number of halogens is 2. The third kappa shape index (κ3) is 4.81. The fourth-order valence-electron chi connectivity index (χ4n) is 4.17. The number of carbonyl (C=O) groups is 2. The molecule has 2 aromatic carbocycles. The van der Waals surface area contributed by atoms with Gasteiger partial charge in [-0.1, -0.05) is 63.6 Å². The predicted octanol–water partition coefficient (Wildman–Crippen LogP) is 5.59. The first-order chi connectivity index (χ1) is 15.6. The van der Waals surface area contributed by atoms with E-state index >= 15 is 0 Å². The smallest absolute Gasteiger partial charge is 0.328 e. The molecule has 2 heterocycles. The summed E-state index contributed by atoms with van der Waals surface area (Å²) >= 11 is 7.04. The standard InChI is InChI=1S/C25H24Br2N2O3Si/c1-32-25(31)21-14-19-18-13-17(27)9-10-20(18)28-23(19)24(15-5-7-16(26)8-6-15)29(21)22(30)11-12-33(2,3)4/h5-10,13,21,24,28H,14H2,1-4H3/t21-,24+/m1/s1. The van der Waals surface area contributed by atoms with Crippen molar-refractivity contribution >= 4 is 62.7 Å². The number of aromatic amines is 1. The van der Waals surface area contributed by atoms with E-state index in [0.29, 0.717) is 6.42 Å². The van der Waals surface area contributed by atoms with Gasteiger partial charge in [0.1, 0.15) is 14.1 Å². The molecule has 3 aromatic rings. The fourth-order valence-corrected chi connectivity index (χ4v) is 5.28. The summed E-state index contributed by atoms with van der Waals surface area (Å²) in [5, 5.41) is 1.02. The van der Waals surface area contributed by atoms with Gasteiger partial charge in [-0.15, -0.1) is 5.54 Å². The van der Waals surface area contributed by atoms with Gasteiger partial charge in [-0.25, -0.2) is 4.79 Å². The number of hydrogen-bond donors (Lipinski definition) is 1. The molecule has 4 rings (SSSR count). The second-order valence-electron chi connectivity index (χ2n) is 9.12. The van der Waals surface area contributed by atoms with Crippen LogP contribution in [0.3, 0.4) is 0 Å². The number of rotatable bonds is 2. The van der Waals surface area contributed by atoms with Crippen molar-refractivity contribution in [3.8, 4) is 11.5 Å². The molecule has 0 radical (unpaired) electrons. The molecule has 1 aliphatic heterocycles. The highest BCUT2D eigenvalue weighted by Crippen LogP contribution is 2.42. The van der Waals surface area contributed by atoms with Gasteiger partial charge in [0.25, 0.3) is 5.91 Å². The molecule has 0 spiro atoms. The lowest BCUT2D eigenvalue weighted by Gasteiger charge is -2.40. The highest BCUT2D eigenvalue weighted by atomic mass is 79.9. The van der Waals surface area contributed by atoms with Crippen molar-refractivity contribution in [1.82, 2.24) is 9.88 Å². The highest BCUT2D eigenvalue weighted by Gasteiger charge is 2.43. The highest BCUT2D eigenvalue weighted by molar-refractivity contribution is 9.10. The molecule has 1 aliphatic rings. The van der Waals surface area contributed by atoms with Crippen molar-refractivity contribution in [2.75, 3.05) is 7.11 Å². The molecule has 1 aromatic heterocycles. The van der Waals surface area contributed by atoms with Gasteiger partial charge in [-0.2, -0.15) is 0 Å². The van der Waals surface area contributed by atoms with E-state index in [1.54, 1.807) is 4.90 Å². The number of benzene rings is 2. The molecule has 5 nitrogen and oxygen atoms in total. The molecular weight excluding hydrogens is 564 g/mol. The number of nitrogens with one attached hydrogen (secondary N) is 1. The average molecular weight is 588 g/mol. The molecule has 8 heteroatoms. The minimum atomic E-state index is -1.80. The van der Waals surface area contributed by atoms with Crippen LogP contribution >= 0.6 is 31.9 Å². The van der Waals surface area contributed by atoms with E-state index in [4.69, 9.17) is 4.74 Å². The topological polar surface area (TPSA) is 62.4 Å². The van der Waals surface area contributed by atoms with Gasteiger partial charge in [0.15, 0.2) is 0 Å². The Kier molecular flexibility index (Phi) is 6.58. The minimum Gasteiger partial charge on any atom is -0.467 e. The zero-order valence-corrected chi connectivity index (χ0v) is 23.0. The number of aromatic nitrogens is 1. The van der Waals surface area contributed by atoms with E-state index < -0.39 is 26.1 Å². The van der Waals surface area contributed by atoms with Crippen LogP contribution in [-0.2, 0) is 20.7 Å². The number of carbonyl (C=O) groups excluding carboxylic acids is 2. The van der Waals surface area contributed by atoms with E-state index in [-0.39, 0.29) is 5.91 Å². The van der Waals surface area contributed by atoms with Crippen molar-refractivity contribution in [2.24, 2.45) is 0 Å². The lowest BCUT2D eigenvalue weighted by molar-refractivity contribution is -0.153. The van der Waals surface area contributed by atoms with Crippen molar-refractivity contribution in [3.63, 3.8) is 0 Å². The number of amides is 1. The molecule has 0 unspecified atom stereocenters. The van der Waals surface area contributed by atoms with Crippen LogP contribution < -0.4 is 0 Å². The summed E-state index contributed by atoms with van der Waals surface area (Å²) in [5.41, 5.74) is 6.91. The maximum absolute atomic E-state index is 13.5. The summed E-state index contributed by atoms with van der Waals surface area (Å²) in [5.74, 6) is 2.03. The number of fused-ring (bicyclic) bond motifs is 3. The van der Waals surface area contributed by atoms with Crippen LogP contribution in [0, 0.1) is 11.5 Å². The summed E-state index contributed by atoms with van der Waals surface area (Å²) in [4.78, 5) is 31.6. The molecule has 170 valence electrons. The molecule has 0 bridgehead atoms. The van der Waals surface area contributed by atoms with Crippen LogP contribution in [0.1, 0.15) is 22.9 Å². The molecular formula is C25H24Br2N2O3Si. The third-order valence-corrected chi connectivity index (χ3v) is 7.52. The Morgan fingerprint density at radius 3 is 2.39 bits per heavy atom. The zero-order valence-electron chi connectivity index (χ0n) is 18.8. The first-order valence-corrected chi connectivity index (χ1v) is 15.7. The van der Waals surface area contributed by atoms with Gasteiger partial charge >= 0.3 is 5.97 Å². The number of ether oxygens (including phenoxy) is 1. The lowest BCUT2D eigenvalue weighted by Crippen LogP contribution is -2.51. The number of esters is 1. The number of methoxy groups -OCH3 is 1. The van der Waals surface area contributed by atoms with E-state index in [9.17, 15) is 9.59 Å². The van der Waals surface area contributed by atoms with Gasteiger partial charge in [0.05, 0.1) is 13.2 Å². The van der Waals surface area contributed by atoms with Gasteiger partial charge in [0, 0.05) is 32.0 Å². The number of H-pyrrole nitrogens is 1. The molecule has 0 saturated heterocycles. The molecule has 0 aliphatic carbocycles. The maximum Gasteiger partial charge on any atom is 0.328 e. The summed E-state index contributed by atoms with van der Waals surface area (Å²) < 4.78 is 7.03. The SMILES string of the molecule is COC(=O)[C@H]1Cc2c([nH]c3ccc(Br)cc23)[C@H](c2ccc(Br)cc2)N1C(=O)C#C[Si](C)(C)C. The Balaban J connectivity index is 1.97. The quantitative estimate of drug-likeness (QED) is 0.241. The number of hydrogen-bond acceptors (Lipinski definition) is 3. The Labute approximate surface area is 211 Å². The molecule has 0 fully saturated rings. The molecule has 2 atom stereocenters. The Bertz CT molecular complexity index is 1300. The van der Waals surface area contributed by atoms with Crippen molar-refractivity contribution in [1.29, 1.82) is 0 Å².